The number of hydrogen-bond acceptors (Lipinski definition) is 2. The fraction of sp³-hybridized carbons (Fsp3) is 0.357. The highest BCUT2D eigenvalue weighted by atomic mass is 35.5. The van der Waals surface area contributed by atoms with Crippen molar-refractivity contribution in [3.8, 4) is 0 Å². The van der Waals surface area contributed by atoms with Gasteiger partial charge in [-0.3, -0.25) is 9.88 Å². The lowest BCUT2D eigenvalue weighted by molar-refractivity contribution is -0.146. The molecule has 1 aromatic heterocycles. The predicted molar refractivity (Wildman–Crippen MR) is 73.8 cm³/mol. The Labute approximate surface area is 120 Å². The molecule has 0 spiro atoms. The molecule has 0 fully saturated rings. The van der Waals surface area contributed by atoms with E-state index in [2.05, 4.69) is 4.98 Å². The lowest BCUT2D eigenvalue weighted by Crippen LogP contribution is -2.35. The van der Waals surface area contributed by atoms with E-state index < -0.39 is 12.7 Å². The monoisotopic (exact) mass is 302 g/mol. The Kier molecular flexibility index (Phi) is 4.83. The summed E-state index contributed by atoms with van der Waals surface area (Å²) in [7, 11) is 0. The minimum absolute atomic E-state index is 0.172. The summed E-state index contributed by atoms with van der Waals surface area (Å²) in [5, 5.41) is 0.919. The van der Waals surface area contributed by atoms with Gasteiger partial charge in [0, 0.05) is 30.6 Å². The van der Waals surface area contributed by atoms with E-state index in [9.17, 15) is 13.2 Å². The molecule has 2 aromatic rings. The van der Waals surface area contributed by atoms with Gasteiger partial charge in [0.2, 0.25) is 0 Å². The second kappa shape index (κ2) is 6.41. The zero-order valence-corrected chi connectivity index (χ0v) is 11.5. The summed E-state index contributed by atoms with van der Waals surface area (Å²) in [5.74, 6) is 0.172. The second-order valence-corrected chi connectivity index (χ2v) is 4.92. The van der Waals surface area contributed by atoms with Gasteiger partial charge in [-0.15, -0.1) is 11.6 Å². The highest BCUT2D eigenvalue weighted by Crippen LogP contribution is 2.19. The van der Waals surface area contributed by atoms with Gasteiger partial charge < -0.3 is 0 Å². The summed E-state index contributed by atoms with van der Waals surface area (Å²) >= 11 is 5.57. The van der Waals surface area contributed by atoms with Crippen LogP contribution in [0.4, 0.5) is 13.2 Å². The summed E-state index contributed by atoms with van der Waals surface area (Å²) in [4.78, 5) is 5.48. The Bertz CT molecular complexity index is 572. The van der Waals surface area contributed by atoms with Gasteiger partial charge in [0.1, 0.15) is 0 Å². The molecule has 0 aliphatic carbocycles. The molecule has 0 bridgehead atoms. The molecule has 1 heterocycles. The molecule has 0 N–H and O–H groups in total. The average molecular weight is 303 g/mol. The lowest BCUT2D eigenvalue weighted by atomic mass is 10.1. The Hall–Kier alpha value is -1.33. The van der Waals surface area contributed by atoms with Crippen molar-refractivity contribution in [2.75, 3.05) is 19.0 Å². The van der Waals surface area contributed by atoms with Crippen LogP contribution in [0.3, 0.4) is 0 Å². The van der Waals surface area contributed by atoms with Crippen LogP contribution in [0, 0.1) is 0 Å². The molecule has 0 unspecified atom stereocenters. The molecule has 108 valence electrons. The van der Waals surface area contributed by atoms with Crippen LogP contribution in [0.2, 0.25) is 0 Å². The van der Waals surface area contributed by atoms with E-state index in [0.717, 1.165) is 16.5 Å². The minimum atomic E-state index is -4.22. The fourth-order valence-corrected chi connectivity index (χ4v) is 2.31. The molecule has 0 radical (unpaired) electrons. The van der Waals surface area contributed by atoms with Gasteiger partial charge in [-0.2, -0.15) is 13.2 Å². The normalized spacial score (nSPS) is 12.2. The molecule has 0 saturated heterocycles. The van der Waals surface area contributed by atoms with Crippen molar-refractivity contribution in [2.24, 2.45) is 0 Å². The van der Waals surface area contributed by atoms with Gasteiger partial charge >= 0.3 is 6.18 Å². The van der Waals surface area contributed by atoms with Crippen LogP contribution in [-0.2, 0) is 6.54 Å². The maximum atomic E-state index is 12.5. The number of aromatic nitrogens is 1. The average Bonchev–Trinajstić information content (AvgIpc) is 2.37. The first-order valence-corrected chi connectivity index (χ1v) is 6.70. The van der Waals surface area contributed by atoms with Crippen molar-refractivity contribution in [2.45, 2.75) is 12.7 Å². The van der Waals surface area contributed by atoms with Crippen LogP contribution in [0.5, 0.6) is 0 Å². The van der Waals surface area contributed by atoms with E-state index in [0.29, 0.717) is 0 Å². The number of fused-ring (bicyclic) bond motifs is 1. The smallest absolute Gasteiger partial charge is 0.290 e. The van der Waals surface area contributed by atoms with Crippen LogP contribution in [0.1, 0.15) is 5.56 Å². The van der Waals surface area contributed by atoms with Crippen molar-refractivity contribution < 1.29 is 13.2 Å². The van der Waals surface area contributed by atoms with E-state index in [1.54, 1.807) is 18.3 Å². The molecule has 6 heteroatoms. The van der Waals surface area contributed by atoms with Crippen molar-refractivity contribution >= 4 is 22.5 Å². The Morgan fingerprint density at radius 3 is 2.70 bits per heavy atom. The van der Waals surface area contributed by atoms with Crippen LogP contribution in [0.15, 0.2) is 36.5 Å². The summed E-state index contributed by atoms with van der Waals surface area (Å²) in [5.41, 5.74) is 1.65. The zero-order chi connectivity index (χ0) is 14.6. The first-order chi connectivity index (χ1) is 9.48. The van der Waals surface area contributed by atoms with E-state index >= 15 is 0 Å². The highest BCUT2D eigenvalue weighted by Gasteiger charge is 2.30. The third-order valence-electron chi connectivity index (χ3n) is 2.88. The van der Waals surface area contributed by atoms with Crippen molar-refractivity contribution in [3.05, 3.63) is 42.1 Å². The van der Waals surface area contributed by atoms with Crippen molar-refractivity contribution in [3.63, 3.8) is 0 Å². The number of halogens is 4. The van der Waals surface area contributed by atoms with E-state index in [4.69, 9.17) is 11.6 Å². The third kappa shape index (κ3) is 4.35. The van der Waals surface area contributed by atoms with Crippen LogP contribution < -0.4 is 0 Å². The van der Waals surface area contributed by atoms with Gasteiger partial charge in [0.15, 0.2) is 0 Å². The van der Waals surface area contributed by atoms with Crippen LogP contribution >= 0.6 is 11.6 Å². The number of rotatable bonds is 5. The van der Waals surface area contributed by atoms with Gasteiger partial charge in [-0.05, 0) is 23.8 Å². The summed E-state index contributed by atoms with van der Waals surface area (Å²) in [6, 6.07) is 9.17. The molecule has 0 amide bonds. The predicted octanol–water partition coefficient (Wildman–Crippen LogP) is 3.84. The molecule has 0 aliphatic heterocycles. The minimum Gasteiger partial charge on any atom is -0.290 e. The van der Waals surface area contributed by atoms with E-state index in [1.165, 1.54) is 4.90 Å². The van der Waals surface area contributed by atoms with E-state index in [1.807, 2.05) is 18.2 Å². The van der Waals surface area contributed by atoms with Gasteiger partial charge in [-0.1, -0.05) is 12.1 Å². The fourth-order valence-electron chi connectivity index (χ4n) is 2.07. The highest BCUT2D eigenvalue weighted by molar-refractivity contribution is 6.18. The molecule has 0 atom stereocenters. The van der Waals surface area contributed by atoms with Gasteiger partial charge in [-0.25, -0.2) is 0 Å². The van der Waals surface area contributed by atoms with Gasteiger partial charge in [0.05, 0.1) is 12.1 Å². The van der Waals surface area contributed by atoms with Crippen molar-refractivity contribution in [1.82, 2.24) is 9.88 Å². The maximum Gasteiger partial charge on any atom is 0.401 e. The molecule has 2 nitrogen and oxygen atoms in total. The number of nitrogens with zero attached hydrogens (tertiary/aromatic N) is 2. The number of hydrogen-bond donors (Lipinski definition) is 0. The van der Waals surface area contributed by atoms with Crippen LogP contribution in [0.25, 0.3) is 10.9 Å². The largest absolute Gasteiger partial charge is 0.401 e. The molecule has 2 rings (SSSR count). The first-order valence-electron chi connectivity index (χ1n) is 6.17. The Morgan fingerprint density at radius 2 is 2.00 bits per heavy atom. The molecule has 0 saturated carbocycles. The van der Waals surface area contributed by atoms with Crippen molar-refractivity contribution in [1.29, 1.82) is 0 Å². The molecule has 1 aromatic carbocycles. The van der Waals surface area contributed by atoms with Crippen LogP contribution in [-0.4, -0.2) is 35.0 Å². The quantitative estimate of drug-likeness (QED) is 0.780. The van der Waals surface area contributed by atoms with E-state index in [-0.39, 0.29) is 19.0 Å². The zero-order valence-electron chi connectivity index (χ0n) is 10.7. The summed E-state index contributed by atoms with van der Waals surface area (Å²) in [6.45, 7) is -0.534. The number of pyridine rings is 1. The second-order valence-electron chi connectivity index (χ2n) is 4.55. The molecular formula is C14H14ClF3N2. The first kappa shape index (κ1) is 15.1. The number of benzene rings is 1. The molecule has 0 aliphatic rings. The number of alkyl halides is 4. The third-order valence-corrected chi connectivity index (χ3v) is 3.05. The van der Waals surface area contributed by atoms with Gasteiger partial charge in [0.25, 0.3) is 0 Å². The summed E-state index contributed by atoms with van der Waals surface area (Å²) < 4.78 is 37.5. The Morgan fingerprint density at radius 1 is 1.20 bits per heavy atom. The Balaban J connectivity index is 2.15. The topological polar surface area (TPSA) is 16.1 Å². The summed E-state index contributed by atoms with van der Waals surface area (Å²) in [6.07, 6.45) is -2.53. The standard InChI is InChI=1S/C14H14ClF3N2/c15-5-7-20(10-14(16,17)18)9-11-3-4-13-12(8-11)2-1-6-19-13/h1-4,6,8H,5,7,9-10H2. The molecular weight excluding hydrogens is 289 g/mol. The SMILES string of the molecule is FC(F)(F)CN(CCCl)Cc1ccc2ncccc2c1. The lowest BCUT2D eigenvalue weighted by Gasteiger charge is -2.22. The maximum absolute atomic E-state index is 12.5. The molecule has 20 heavy (non-hydrogen) atoms.